The van der Waals surface area contributed by atoms with E-state index in [1.54, 1.807) is 31.2 Å². The molecule has 0 aliphatic rings. The van der Waals surface area contributed by atoms with Gasteiger partial charge in [-0.25, -0.2) is 4.79 Å². The minimum Gasteiger partial charge on any atom is -1.00 e. The standard InChI is InChI=1S/C9H10O2S.Na.H/c1-2-11-9(10)7-3-5-8(12)6-4-7;;/h3-6,12H,2H2,1H3;;/q;+1;-1. The Bertz CT molecular complexity index is 277. The van der Waals surface area contributed by atoms with Crippen molar-refractivity contribution in [2.75, 3.05) is 6.61 Å². The first-order valence-electron chi connectivity index (χ1n) is 3.70. The van der Waals surface area contributed by atoms with Gasteiger partial charge < -0.3 is 6.16 Å². The third-order valence-corrected chi connectivity index (χ3v) is 1.68. The van der Waals surface area contributed by atoms with E-state index in [2.05, 4.69) is 12.6 Å². The van der Waals surface area contributed by atoms with Gasteiger partial charge in [0.05, 0.1) is 12.2 Å². The Labute approximate surface area is 107 Å². The first-order chi connectivity index (χ1) is 5.74. The van der Waals surface area contributed by atoms with E-state index in [0.717, 1.165) is 4.90 Å². The normalized spacial score (nSPS) is 8.77. The van der Waals surface area contributed by atoms with Gasteiger partial charge in [0.25, 0.3) is 0 Å². The molecule has 66 valence electrons. The molecule has 0 fully saturated rings. The zero-order valence-corrected chi connectivity index (χ0v) is 10.7. The van der Waals surface area contributed by atoms with Crippen molar-refractivity contribution in [3.05, 3.63) is 29.8 Å². The van der Waals surface area contributed by atoms with Gasteiger partial charge in [-0.05, 0) is 31.2 Å². The maximum absolute atomic E-state index is 11.1. The van der Waals surface area contributed by atoms with E-state index < -0.39 is 0 Å². The molecule has 0 N–H and O–H groups in total. The number of hydrogen-bond donors (Lipinski definition) is 1. The topological polar surface area (TPSA) is 26.3 Å². The fourth-order valence-corrected chi connectivity index (χ4v) is 0.961. The van der Waals surface area contributed by atoms with Crippen LogP contribution in [0.15, 0.2) is 29.2 Å². The van der Waals surface area contributed by atoms with Crippen LogP contribution in [0.25, 0.3) is 0 Å². The SMILES string of the molecule is CCOC(=O)c1ccc(S)cc1.[H-].[Na+]. The molecule has 0 aliphatic heterocycles. The van der Waals surface area contributed by atoms with Gasteiger partial charge in [-0.2, -0.15) is 0 Å². The summed E-state index contributed by atoms with van der Waals surface area (Å²) in [5, 5.41) is 0. The van der Waals surface area contributed by atoms with E-state index in [0.29, 0.717) is 12.2 Å². The number of carbonyl (C=O) groups excluding carboxylic acids is 1. The zero-order valence-electron chi connectivity index (χ0n) is 8.78. The molecule has 0 saturated heterocycles. The second-order valence-corrected chi connectivity index (χ2v) is 2.78. The number of benzene rings is 1. The van der Waals surface area contributed by atoms with Crippen LogP contribution >= 0.6 is 12.6 Å². The maximum Gasteiger partial charge on any atom is 1.00 e. The van der Waals surface area contributed by atoms with Crippen molar-refractivity contribution in [3.63, 3.8) is 0 Å². The monoisotopic (exact) mass is 206 g/mol. The van der Waals surface area contributed by atoms with Crippen LogP contribution in [0.1, 0.15) is 18.7 Å². The van der Waals surface area contributed by atoms with Gasteiger partial charge in [0.2, 0.25) is 0 Å². The summed E-state index contributed by atoms with van der Waals surface area (Å²) in [6, 6.07) is 6.91. The number of rotatable bonds is 2. The molecular formula is C9H11NaO2S. The minimum atomic E-state index is -0.286. The Balaban J connectivity index is 0. The minimum absolute atomic E-state index is 0. The van der Waals surface area contributed by atoms with Crippen molar-refractivity contribution in [1.82, 2.24) is 0 Å². The summed E-state index contributed by atoms with van der Waals surface area (Å²) in [7, 11) is 0. The van der Waals surface area contributed by atoms with Gasteiger partial charge in [-0.15, -0.1) is 12.6 Å². The predicted octanol–water partition coefficient (Wildman–Crippen LogP) is -0.732. The van der Waals surface area contributed by atoms with Gasteiger partial charge in [0.1, 0.15) is 0 Å². The third kappa shape index (κ3) is 4.18. The van der Waals surface area contributed by atoms with Crippen LogP contribution in [0.2, 0.25) is 0 Å². The summed E-state index contributed by atoms with van der Waals surface area (Å²) in [5.41, 5.74) is 0.564. The predicted molar refractivity (Wildman–Crippen MR) is 50.8 cm³/mol. The first-order valence-corrected chi connectivity index (χ1v) is 4.15. The van der Waals surface area contributed by atoms with Crippen molar-refractivity contribution in [2.24, 2.45) is 0 Å². The second kappa shape index (κ2) is 6.49. The van der Waals surface area contributed by atoms with Crippen LogP contribution in [-0.2, 0) is 4.74 Å². The summed E-state index contributed by atoms with van der Waals surface area (Å²) in [6.45, 7) is 2.19. The molecule has 1 aromatic rings. The Morgan fingerprint density at radius 1 is 1.46 bits per heavy atom. The molecular weight excluding hydrogens is 195 g/mol. The van der Waals surface area contributed by atoms with Crippen LogP contribution in [0.5, 0.6) is 0 Å². The summed E-state index contributed by atoms with van der Waals surface area (Å²) in [6.07, 6.45) is 0. The largest absolute Gasteiger partial charge is 1.00 e. The van der Waals surface area contributed by atoms with E-state index in [1.807, 2.05) is 0 Å². The second-order valence-electron chi connectivity index (χ2n) is 2.27. The van der Waals surface area contributed by atoms with Gasteiger partial charge in [0.15, 0.2) is 0 Å². The van der Waals surface area contributed by atoms with Crippen molar-refractivity contribution >= 4 is 18.6 Å². The van der Waals surface area contributed by atoms with Gasteiger partial charge in [0, 0.05) is 4.90 Å². The molecule has 0 unspecified atom stereocenters. The van der Waals surface area contributed by atoms with Crippen molar-refractivity contribution in [3.8, 4) is 0 Å². The molecule has 0 heterocycles. The summed E-state index contributed by atoms with van der Waals surface area (Å²) in [5.74, 6) is -0.286. The van der Waals surface area contributed by atoms with Crippen LogP contribution in [0.3, 0.4) is 0 Å². The van der Waals surface area contributed by atoms with Crippen molar-refractivity contribution in [2.45, 2.75) is 11.8 Å². The average Bonchev–Trinajstić information content (AvgIpc) is 2.06. The van der Waals surface area contributed by atoms with Crippen molar-refractivity contribution < 1.29 is 40.5 Å². The first kappa shape index (κ1) is 13.0. The van der Waals surface area contributed by atoms with E-state index >= 15 is 0 Å². The molecule has 0 aromatic heterocycles. The number of hydrogen-bond acceptors (Lipinski definition) is 3. The summed E-state index contributed by atoms with van der Waals surface area (Å²) >= 11 is 4.10. The Morgan fingerprint density at radius 3 is 2.46 bits per heavy atom. The molecule has 0 spiro atoms. The third-order valence-electron chi connectivity index (χ3n) is 1.38. The zero-order chi connectivity index (χ0) is 8.97. The smallest absolute Gasteiger partial charge is 1.00 e. The maximum atomic E-state index is 11.1. The van der Waals surface area contributed by atoms with E-state index in [-0.39, 0.29) is 37.0 Å². The number of ether oxygens (including phenoxy) is 1. The molecule has 0 bridgehead atoms. The van der Waals surface area contributed by atoms with Crippen LogP contribution in [0.4, 0.5) is 0 Å². The molecule has 1 aromatic carbocycles. The van der Waals surface area contributed by atoms with E-state index in [4.69, 9.17) is 4.74 Å². The van der Waals surface area contributed by atoms with Crippen LogP contribution in [0, 0.1) is 0 Å². The molecule has 13 heavy (non-hydrogen) atoms. The molecule has 0 radical (unpaired) electrons. The molecule has 0 aliphatic carbocycles. The Morgan fingerprint density at radius 2 is 2.00 bits per heavy atom. The number of esters is 1. The molecule has 4 heteroatoms. The molecule has 2 nitrogen and oxygen atoms in total. The fraction of sp³-hybridized carbons (Fsp3) is 0.222. The van der Waals surface area contributed by atoms with Crippen LogP contribution in [-0.4, -0.2) is 12.6 Å². The molecule has 1 rings (SSSR count). The van der Waals surface area contributed by atoms with E-state index in [1.165, 1.54) is 0 Å². The number of carbonyl (C=O) groups is 1. The van der Waals surface area contributed by atoms with Gasteiger partial charge in [-0.1, -0.05) is 0 Å². The van der Waals surface area contributed by atoms with Crippen LogP contribution < -0.4 is 29.6 Å². The average molecular weight is 206 g/mol. The van der Waals surface area contributed by atoms with Crippen molar-refractivity contribution in [1.29, 1.82) is 0 Å². The molecule has 0 saturated carbocycles. The fourth-order valence-electron chi connectivity index (χ4n) is 0.812. The van der Waals surface area contributed by atoms with Gasteiger partial charge >= 0.3 is 35.5 Å². The van der Waals surface area contributed by atoms with E-state index in [9.17, 15) is 4.79 Å². The van der Waals surface area contributed by atoms with Gasteiger partial charge in [-0.3, -0.25) is 0 Å². The molecule has 0 atom stereocenters. The summed E-state index contributed by atoms with van der Waals surface area (Å²) in [4.78, 5) is 11.9. The quantitative estimate of drug-likeness (QED) is 0.392. The molecule has 0 amide bonds. The Hall–Kier alpha value is 0.0400. The summed E-state index contributed by atoms with van der Waals surface area (Å²) < 4.78 is 4.80. The Kier molecular flexibility index (Phi) is 6.51. The number of thiol groups is 1.